The number of hydrogen-bond donors (Lipinski definition) is 0. The summed E-state index contributed by atoms with van der Waals surface area (Å²) in [5.74, 6) is 0.634. The van der Waals surface area contributed by atoms with E-state index in [0.717, 1.165) is 6.42 Å². The lowest BCUT2D eigenvalue weighted by Crippen LogP contribution is -1.95. The highest BCUT2D eigenvalue weighted by atomic mass is 14.2. The Hall–Kier alpha value is -0.770. The molecule has 0 spiro atoms. The van der Waals surface area contributed by atoms with Crippen LogP contribution in [-0.2, 0) is 0 Å². The van der Waals surface area contributed by atoms with E-state index in [1.165, 1.54) is 19.3 Å². The quantitative estimate of drug-likeness (QED) is 0.551. The van der Waals surface area contributed by atoms with Gasteiger partial charge in [-0.3, -0.25) is 0 Å². The topological polar surface area (TPSA) is 23.8 Å². The van der Waals surface area contributed by atoms with Crippen molar-refractivity contribution >= 4 is 0 Å². The molecule has 0 saturated heterocycles. The largest absolute Gasteiger partial charge is 0.198 e. The zero-order chi connectivity index (χ0) is 9.23. The highest BCUT2D eigenvalue weighted by Gasteiger charge is 2.02. The maximum atomic E-state index is 8.43. The molecule has 0 rings (SSSR count). The summed E-state index contributed by atoms with van der Waals surface area (Å²) in [6.45, 7) is 4.25. The van der Waals surface area contributed by atoms with Crippen LogP contribution in [0.1, 0.15) is 46.0 Å². The predicted octanol–water partition coefficient (Wildman–Crippen LogP) is 3.67. The Morgan fingerprint density at radius 2 is 2.17 bits per heavy atom. The summed E-state index contributed by atoms with van der Waals surface area (Å²) >= 11 is 0. The van der Waals surface area contributed by atoms with Crippen LogP contribution in [0, 0.1) is 17.2 Å². The SMILES string of the molecule is CC=CC(CCC#N)CCCC. The van der Waals surface area contributed by atoms with Gasteiger partial charge in [-0.1, -0.05) is 31.9 Å². The maximum Gasteiger partial charge on any atom is 0.0621 e. The number of rotatable bonds is 6. The summed E-state index contributed by atoms with van der Waals surface area (Å²) in [5, 5.41) is 8.43. The molecule has 68 valence electrons. The lowest BCUT2D eigenvalue weighted by Gasteiger charge is -2.08. The number of hydrogen-bond acceptors (Lipinski definition) is 1. The highest BCUT2D eigenvalue weighted by Crippen LogP contribution is 2.15. The van der Waals surface area contributed by atoms with Crippen LogP contribution in [0.3, 0.4) is 0 Å². The summed E-state index contributed by atoms with van der Waals surface area (Å²) in [5.41, 5.74) is 0. The Balaban J connectivity index is 3.63. The Morgan fingerprint density at radius 3 is 2.67 bits per heavy atom. The molecule has 0 aliphatic heterocycles. The van der Waals surface area contributed by atoms with Crippen molar-refractivity contribution in [3.05, 3.63) is 12.2 Å². The van der Waals surface area contributed by atoms with Gasteiger partial charge >= 0.3 is 0 Å². The van der Waals surface area contributed by atoms with Crippen LogP contribution in [0.2, 0.25) is 0 Å². The molecule has 0 saturated carbocycles. The molecule has 0 aromatic rings. The van der Waals surface area contributed by atoms with Gasteiger partial charge in [-0.2, -0.15) is 5.26 Å². The van der Waals surface area contributed by atoms with Crippen LogP contribution < -0.4 is 0 Å². The summed E-state index contributed by atoms with van der Waals surface area (Å²) in [6.07, 6.45) is 9.81. The monoisotopic (exact) mass is 165 g/mol. The van der Waals surface area contributed by atoms with E-state index in [4.69, 9.17) is 5.26 Å². The maximum absolute atomic E-state index is 8.43. The Morgan fingerprint density at radius 1 is 1.42 bits per heavy atom. The standard InChI is InChI=1S/C11H19N/c1-3-5-8-11(7-4-2)9-6-10-12/h4,7,11H,3,5-6,8-9H2,1-2H3. The van der Waals surface area contributed by atoms with Crippen molar-refractivity contribution in [3.63, 3.8) is 0 Å². The predicted molar refractivity (Wildman–Crippen MR) is 52.7 cm³/mol. The first-order valence-corrected chi connectivity index (χ1v) is 4.84. The summed E-state index contributed by atoms with van der Waals surface area (Å²) in [7, 11) is 0. The van der Waals surface area contributed by atoms with Crippen molar-refractivity contribution in [3.8, 4) is 6.07 Å². The van der Waals surface area contributed by atoms with Crippen LogP contribution in [0.4, 0.5) is 0 Å². The molecule has 0 aromatic heterocycles. The van der Waals surface area contributed by atoms with Gasteiger partial charge < -0.3 is 0 Å². The summed E-state index contributed by atoms with van der Waals surface area (Å²) in [4.78, 5) is 0. The third-order valence-electron chi connectivity index (χ3n) is 2.02. The molecule has 1 nitrogen and oxygen atoms in total. The molecule has 0 fully saturated rings. The number of nitriles is 1. The van der Waals surface area contributed by atoms with E-state index < -0.39 is 0 Å². The second-order valence-corrected chi connectivity index (χ2v) is 3.12. The molecular formula is C11H19N. The van der Waals surface area contributed by atoms with Crippen LogP contribution in [0.25, 0.3) is 0 Å². The number of unbranched alkanes of at least 4 members (excludes halogenated alkanes) is 1. The molecule has 1 unspecified atom stereocenters. The van der Waals surface area contributed by atoms with E-state index in [-0.39, 0.29) is 0 Å². The normalized spacial score (nSPS) is 13.1. The Bertz CT molecular complexity index is 153. The minimum atomic E-state index is 0.634. The van der Waals surface area contributed by atoms with Crippen LogP contribution in [0.5, 0.6) is 0 Å². The van der Waals surface area contributed by atoms with Crippen LogP contribution in [0.15, 0.2) is 12.2 Å². The van der Waals surface area contributed by atoms with Crippen molar-refractivity contribution in [1.29, 1.82) is 5.26 Å². The van der Waals surface area contributed by atoms with Crippen LogP contribution >= 0.6 is 0 Å². The molecule has 0 aliphatic carbocycles. The molecule has 0 amide bonds. The number of allylic oxidation sites excluding steroid dienone is 2. The molecule has 0 aromatic carbocycles. The van der Waals surface area contributed by atoms with Crippen molar-refractivity contribution in [2.75, 3.05) is 0 Å². The summed E-state index contributed by atoms with van der Waals surface area (Å²) in [6, 6.07) is 2.20. The van der Waals surface area contributed by atoms with E-state index in [1.54, 1.807) is 0 Å². The van der Waals surface area contributed by atoms with Gasteiger partial charge in [0.05, 0.1) is 6.07 Å². The van der Waals surface area contributed by atoms with E-state index in [2.05, 4.69) is 25.1 Å². The molecule has 12 heavy (non-hydrogen) atoms. The van der Waals surface area contributed by atoms with Crippen molar-refractivity contribution in [2.24, 2.45) is 5.92 Å². The van der Waals surface area contributed by atoms with Gasteiger partial charge in [0.2, 0.25) is 0 Å². The van der Waals surface area contributed by atoms with E-state index in [0.29, 0.717) is 12.3 Å². The molecule has 0 aliphatic rings. The van der Waals surface area contributed by atoms with Crippen LogP contribution in [-0.4, -0.2) is 0 Å². The van der Waals surface area contributed by atoms with E-state index in [9.17, 15) is 0 Å². The first-order valence-electron chi connectivity index (χ1n) is 4.84. The third-order valence-corrected chi connectivity index (χ3v) is 2.02. The lowest BCUT2D eigenvalue weighted by molar-refractivity contribution is 0.524. The van der Waals surface area contributed by atoms with Crippen molar-refractivity contribution in [1.82, 2.24) is 0 Å². The Kier molecular flexibility index (Phi) is 7.79. The van der Waals surface area contributed by atoms with Gasteiger partial charge in [-0.05, 0) is 25.7 Å². The lowest BCUT2D eigenvalue weighted by atomic mass is 9.97. The fraction of sp³-hybridized carbons (Fsp3) is 0.727. The zero-order valence-electron chi connectivity index (χ0n) is 8.21. The van der Waals surface area contributed by atoms with E-state index in [1.807, 2.05) is 6.92 Å². The average Bonchev–Trinajstić information content (AvgIpc) is 2.10. The fourth-order valence-corrected chi connectivity index (χ4v) is 1.33. The average molecular weight is 165 g/mol. The van der Waals surface area contributed by atoms with Crippen molar-refractivity contribution in [2.45, 2.75) is 46.0 Å². The molecular weight excluding hydrogens is 146 g/mol. The molecule has 0 heterocycles. The molecule has 1 heteroatoms. The molecule has 1 atom stereocenters. The van der Waals surface area contributed by atoms with Crippen molar-refractivity contribution < 1.29 is 0 Å². The minimum absolute atomic E-state index is 0.634. The molecule has 0 N–H and O–H groups in total. The number of nitrogens with zero attached hydrogens (tertiary/aromatic N) is 1. The minimum Gasteiger partial charge on any atom is -0.198 e. The second-order valence-electron chi connectivity index (χ2n) is 3.12. The van der Waals surface area contributed by atoms with Gasteiger partial charge in [0.1, 0.15) is 0 Å². The first kappa shape index (κ1) is 11.2. The fourth-order valence-electron chi connectivity index (χ4n) is 1.33. The van der Waals surface area contributed by atoms with Gasteiger partial charge in [-0.15, -0.1) is 0 Å². The highest BCUT2D eigenvalue weighted by molar-refractivity contribution is 4.87. The Labute approximate surface area is 76.1 Å². The zero-order valence-corrected chi connectivity index (χ0v) is 8.21. The second kappa shape index (κ2) is 8.33. The van der Waals surface area contributed by atoms with Gasteiger partial charge in [0.25, 0.3) is 0 Å². The first-order chi connectivity index (χ1) is 5.85. The molecule has 0 bridgehead atoms. The summed E-state index contributed by atoms with van der Waals surface area (Å²) < 4.78 is 0. The van der Waals surface area contributed by atoms with Gasteiger partial charge in [0, 0.05) is 6.42 Å². The van der Waals surface area contributed by atoms with Gasteiger partial charge in [-0.25, -0.2) is 0 Å². The van der Waals surface area contributed by atoms with Gasteiger partial charge in [0.15, 0.2) is 0 Å². The molecule has 0 radical (unpaired) electrons. The smallest absolute Gasteiger partial charge is 0.0621 e. The third kappa shape index (κ3) is 5.97. The van der Waals surface area contributed by atoms with E-state index >= 15 is 0 Å².